The normalized spacial score (nSPS) is 17.5. The van der Waals surface area contributed by atoms with E-state index in [1.54, 1.807) is 30.0 Å². The van der Waals surface area contributed by atoms with E-state index < -0.39 is 11.3 Å². The van der Waals surface area contributed by atoms with Crippen molar-refractivity contribution in [3.05, 3.63) is 53.6 Å². The summed E-state index contributed by atoms with van der Waals surface area (Å²) in [6, 6.07) is 13.0. The van der Waals surface area contributed by atoms with Crippen molar-refractivity contribution in [3.63, 3.8) is 0 Å². The summed E-state index contributed by atoms with van der Waals surface area (Å²) >= 11 is 0. The summed E-state index contributed by atoms with van der Waals surface area (Å²) in [4.78, 5) is 37.6. The van der Waals surface area contributed by atoms with Gasteiger partial charge in [-0.25, -0.2) is 0 Å². The Hall–Kier alpha value is -3.15. The van der Waals surface area contributed by atoms with E-state index in [4.69, 9.17) is 5.73 Å². The molecule has 4 rings (SSSR count). The summed E-state index contributed by atoms with van der Waals surface area (Å²) in [7, 11) is 0. The lowest BCUT2D eigenvalue weighted by Crippen LogP contribution is -2.47. The first-order valence-corrected chi connectivity index (χ1v) is 9.02. The van der Waals surface area contributed by atoms with Crippen molar-refractivity contribution in [1.29, 1.82) is 0 Å². The van der Waals surface area contributed by atoms with E-state index in [1.807, 2.05) is 24.3 Å². The molecule has 0 aliphatic carbocycles. The van der Waals surface area contributed by atoms with Crippen molar-refractivity contribution < 1.29 is 14.4 Å². The lowest BCUT2D eigenvalue weighted by atomic mass is 9.73. The minimum atomic E-state index is -0.561. The van der Waals surface area contributed by atoms with E-state index in [1.165, 1.54) is 0 Å². The van der Waals surface area contributed by atoms with Crippen LogP contribution in [0.15, 0.2) is 42.5 Å². The first kappa shape index (κ1) is 17.3. The van der Waals surface area contributed by atoms with Crippen molar-refractivity contribution in [1.82, 2.24) is 4.90 Å². The van der Waals surface area contributed by atoms with Gasteiger partial charge in [-0.05, 0) is 47.7 Å². The van der Waals surface area contributed by atoms with Crippen LogP contribution in [0.1, 0.15) is 35.7 Å². The largest absolute Gasteiger partial charge is 0.366 e. The molecule has 2 aliphatic heterocycles. The maximum atomic E-state index is 12.8. The molecule has 27 heavy (non-hydrogen) atoms. The number of likely N-dealkylation sites (tertiary alicyclic amines) is 1. The minimum Gasteiger partial charge on any atom is -0.366 e. The molecule has 1 spiro atoms. The third-order valence-electron chi connectivity index (χ3n) is 5.76. The number of benzene rings is 2. The summed E-state index contributed by atoms with van der Waals surface area (Å²) in [6.07, 6.45) is 1.25. The first-order chi connectivity index (χ1) is 12.9. The van der Waals surface area contributed by atoms with Gasteiger partial charge in [0.25, 0.3) is 0 Å². The van der Waals surface area contributed by atoms with E-state index in [2.05, 4.69) is 5.32 Å². The van der Waals surface area contributed by atoms with E-state index >= 15 is 0 Å². The third-order valence-corrected chi connectivity index (χ3v) is 5.76. The Kier molecular flexibility index (Phi) is 3.98. The van der Waals surface area contributed by atoms with Crippen LogP contribution < -0.4 is 11.1 Å². The van der Waals surface area contributed by atoms with Gasteiger partial charge in [-0.15, -0.1) is 0 Å². The fourth-order valence-electron chi connectivity index (χ4n) is 4.16. The van der Waals surface area contributed by atoms with Gasteiger partial charge in [0, 0.05) is 31.3 Å². The number of nitrogens with one attached hydrogen (secondary N) is 1. The van der Waals surface area contributed by atoms with E-state index in [0.717, 1.165) is 22.4 Å². The highest BCUT2D eigenvalue weighted by Crippen LogP contribution is 2.46. The minimum absolute atomic E-state index is 0.00346. The van der Waals surface area contributed by atoms with Crippen LogP contribution >= 0.6 is 0 Å². The van der Waals surface area contributed by atoms with Crippen LogP contribution in [0.25, 0.3) is 11.1 Å². The van der Waals surface area contributed by atoms with Crippen molar-refractivity contribution in [3.8, 4) is 11.1 Å². The molecule has 2 aliphatic rings. The molecule has 1 saturated heterocycles. The van der Waals surface area contributed by atoms with Crippen molar-refractivity contribution in [2.45, 2.75) is 25.2 Å². The summed E-state index contributed by atoms with van der Waals surface area (Å²) in [5.41, 5.74) is 8.84. The molecule has 0 unspecified atom stereocenters. The summed E-state index contributed by atoms with van der Waals surface area (Å²) in [5, 5.41) is 3.02. The van der Waals surface area contributed by atoms with Crippen LogP contribution in [0.5, 0.6) is 0 Å². The molecule has 0 radical (unpaired) electrons. The summed E-state index contributed by atoms with van der Waals surface area (Å²) in [6.45, 7) is 2.74. The highest BCUT2D eigenvalue weighted by molar-refractivity contribution is 6.07. The number of piperidine rings is 1. The van der Waals surface area contributed by atoms with Gasteiger partial charge in [0.05, 0.1) is 5.41 Å². The number of carbonyl (C=O) groups excluding carboxylic acids is 3. The number of hydrogen-bond donors (Lipinski definition) is 2. The number of nitrogens with zero attached hydrogens (tertiary/aromatic N) is 1. The standard InChI is InChI=1S/C21H21N3O3/c1-13(25)24-9-7-21(8-10-24)17-6-5-15(12-18(17)23-20(21)27)14-3-2-4-16(11-14)19(22)26/h2-6,11-12H,7-10H2,1H3,(H2,22,26)(H,23,27). The van der Waals surface area contributed by atoms with Crippen molar-refractivity contribution in [2.24, 2.45) is 5.73 Å². The van der Waals surface area contributed by atoms with Crippen molar-refractivity contribution >= 4 is 23.4 Å². The topological polar surface area (TPSA) is 92.5 Å². The zero-order chi connectivity index (χ0) is 19.2. The predicted molar refractivity (Wildman–Crippen MR) is 102 cm³/mol. The molecule has 6 nitrogen and oxygen atoms in total. The third kappa shape index (κ3) is 2.77. The SMILES string of the molecule is CC(=O)N1CCC2(CC1)C(=O)Nc1cc(-c3cccc(C(N)=O)c3)ccc12. The molecule has 3 amide bonds. The molecule has 1 fully saturated rings. The highest BCUT2D eigenvalue weighted by atomic mass is 16.2. The predicted octanol–water partition coefficient (Wildman–Crippen LogP) is 2.28. The fraction of sp³-hybridized carbons (Fsp3) is 0.286. The Labute approximate surface area is 157 Å². The number of primary amides is 1. The van der Waals surface area contributed by atoms with Gasteiger partial charge in [0.2, 0.25) is 17.7 Å². The second kappa shape index (κ2) is 6.23. The molecule has 0 aromatic heterocycles. The monoisotopic (exact) mass is 363 g/mol. The maximum absolute atomic E-state index is 12.8. The van der Waals surface area contributed by atoms with Crippen LogP contribution in [0.2, 0.25) is 0 Å². The Balaban J connectivity index is 1.68. The van der Waals surface area contributed by atoms with Crippen LogP contribution in [0.4, 0.5) is 5.69 Å². The van der Waals surface area contributed by atoms with Crippen LogP contribution in [0, 0.1) is 0 Å². The number of rotatable bonds is 2. The zero-order valence-corrected chi connectivity index (χ0v) is 15.1. The summed E-state index contributed by atoms with van der Waals surface area (Å²) < 4.78 is 0. The number of anilines is 1. The van der Waals surface area contributed by atoms with Crippen LogP contribution in [-0.4, -0.2) is 35.7 Å². The quantitative estimate of drug-likeness (QED) is 0.857. The molecule has 2 heterocycles. The van der Waals surface area contributed by atoms with Gasteiger partial charge >= 0.3 is 0 Å². The highest BCUT2D eigenvalue weighted by Gasteiger charge is 2.48. The number of fused-ring (bicyclic) bond motifs is 2. The molecule has 0 saturated carbocycles. The Morgan fingerprint density at radius 3 is 2.44 bits per heavy atom. The van der Waals surface area contributed by atoms with E-state index in [0.29, 0.717) is 31.5 Å². The van der Waals surface area contributed by atoms with Crippen LogP contribution in [-0.2, 0) is 15.0 Å². The fourth-order valence-corrected chi connectivity index (χ4v) is 4.16. The van der Waals surface area contributed by atoms with Gasteiger partial charge in [0.1, 0.15) is 0 Å². The maximum Gasteiger partial charge on any atom is 0.248 e. The smallest absolute Gasteiger partial charge is 0.248 e. The number of nitrogens with two attached hydrogens (primary N) is 1. The van der Waals surface area contributed by atoms with Crippen molar-refractivity contribution in [2.75, 3.05) is 18.4 Å². The molecule has 138 valence electrons. The zero-order valence-electron chi connectivity index (χ0n) is 15.1. The number of hydrogen-bond acceptors (Lipinski definition) is 3. The second-order valence-corrected chi connectivity index (χ2v) is 7.25. The molecule has 2 aromatic carbocycles. The van der Waals surface area contributed by atoms with E-state index in [-0.39, 0.29) is 11.8 Å². The van der Waals surface area contributed by atoms with Gasteiger partial charge in [-0.2, -0.15) is 0 Å². The lowest BCUT2D eigenvalue weighted by Gasteiger charge is -2.37. The molecule has 2 aromatic rings. The average Bonchev–Trinajstić information content (AvgIpc) is 2.93. The Morgan fingerprint density at radius 2 is 1.78 bits per heavy atom. The first-order valence-electron chi connectivity index (χ1n) is 9.02. The molecule has 0 atom stereocenters. The Morgan fingerprint density at radius 1 is 1.07 bits per heavy atom. The van der Waals surface area contributed by atoms with Gasteiger partial charge in [0.15, 0.2) is 0 Å². The molecular formula is C21H21N3O3. The average molecular weight is 363 g/mol. The number of amides is 3. The summed E-state index contributed by atoms with van der Waals surface area (Å²) in [5.74, 6) is -0.417. The van der Waals surface area contributed by atoms with Gasteiger partial charge in [-0.3, -0.25) is 14.4 Å². The van der Waals surface area contributed by atoms with E-state index in [9.17, 15) is 14.4 Å². The Bertz CT molecular complexity index is 959. The molecule has 6 heteroatoms. The number of carbonyl (C=O) groups is 3. The van der Waals surface area contributed by atoms with Gasteiger partial charge in [-0.1, -0.05) is 24.3 Å². The second-order valence-electron chi connectivity index (χ2n) is 7.25. The molecule has 0 bridgehead atoms. The lowest BCUT2D eigenvalue weighted by molar-refractivity contribution is -0.133. The molecule has 3 N–H and O–H groups in total. The van der Waals surface area contributed by atoms with Gasteiger partial charge < -0.3 is 16.0 Å². The van der Waals surface area contributed by atoms with Crippen LogP contribution in [0.3, 0.4) is 0 Å². The molecular weight excluding hydrogens is 342 g/mol.